The molecule has 2 rings (SSSR count). The van der Waals surface area contributed by atoms with Gasteiger partial charge in [-0.25, -0.2) is 0 Å². The number of rotatable bonds is 5. The molecule has 1 heterocycles. The fraction of sp³-hybridized carbons (Fsp3) is 0.500. The monoisotopic (exact) mass is 325 g/mol. The Hall–Kier alpha value is -1.59. The molecule has 1 aliphatic rings. The van der Waals surface area contributed by atoms with Gasteiger partial charge in [-0.05, 0) is 18.4 Å². The van der Waals surface area contributed by atoms with E-state index in [9.17, 15) is 9.59 Å². The predicted octanol–water partition coefficient (Wildman–Crippen LogP) is 1.11. The Balaban J connectivity index is 0.00000242. The highest BCUT2D eigenvalue weighted by Gasteiger charge is 2.27. The topological polar surface area (TPSA) is 75.4 Å². The van der Waals surface area contributed by atoms with Gasteiger partial charge in [0, 0.05) is 25.6 Å². The Bertz CT molecular complexity index is 495. The average Bonchev–Trinajstić information content (AvgIpc) is 2.96. The summed E-state index contributed by atoms with van der Waals surface area (Å²) in [5.74, 6) is -0.00464. The fourth-order valence-corrected chi connectivity index (χ4v) is 2.60. The van der Waals surface area contributed by atoms with Crippen LogP contribution in [0, 0.1) is 0 Å². The maximum atomic E-state index is 12.1. The molecule has 2 atom stereocenters. The average molecular weight is 326 g/mol. The lowest BCUT2D eigenvalue weighted by Gasteiger charge is -2.18. The minimum atomic E-state index is -0.552. The molecule has 1 aromatic carbocycles. The second-order valence-corrected chi connectivity index (χ2v) is 5.48. The van der Waals surface area contributed by atoms with Crippen molar-refractivity contribution in [1.82, 2.24) is 10.2 Å². The van der Waals surface area contributed by atoms with Gasteiger partial charge in [0.25, 0.3) is 0 Å². The normalized spacial score (nSPS) is 18.5. The molecule has 0 saturated carbocycles. The van der Waals surface area contributed by atoms with Gasteiger partial charge in [-0.3, -0.25) is 9.59 Å². The van der Waals surface area contributed by atoms with Crippen LogP contribution in [0.25, 0.3) is 0 Å². The first-order valence-electron chi connectivity index (χ1n) is 7.47. The highest BCUT2D eigenvalue weighted by atomic mass is 35.5. The van der Waals surface area contributed by atoms with E-state index in [4.69, 9.17) is 5.73 Å². The van der Waals surface area contributed by atoms with E-state index in [1.165, 1.54) is 0 Å². The summed E-state index contributed by atoms with van der Waals surface area (Å²) in [5.41, 5.74) is 7.01. The first-order chi connectivity index (χ1) is 10.1. The number of hydrogen-bond donors (Lipinski definition) is 2. The maximum Gasteiger partial charge on any atom is 0.237 e. The van der Waals surface area contributed by atoms with Crippen LogP contribution in [0.3, 0.4) is 0 Å². The molecule has 6 heteroatoms. The Labute approximate surface area is 137 Å². The third-order valence-electron chi connectivity index (χ3n) is 3.83. The van der Waals surface area contributed by atoms with Crippen molar-refractivity contribution in [2.75, 3.05) is 13.1 Å². The zero-order chi connectivity index (χ0) is 15.2. The number of carbonyl (C=O) groups is 2. The largest absolute Gasteiger partial charge is 0.350 e. The molecular formula is C16H24ClN3O2. The number of nitrogens with two attached hydrogens (primary N) is 1. The summed E-state index contributed by atoms with van der Waals surface area (Å²) in [6.45, 7) is 3.16. The van der Waals surface area contributed by atoms with Crippen LogP contribution in [-0.4, -0.2) is 41.9 Å². The molecule has 22 heavy (non-hydrogen) atoms. The third kappa shape index (κ3) is 5.00. The van der Waals surface area contributed by atoms with Crippen molar-refractivity contribution in [2.24, 2.45) is 5.73 Å². The van der Waals surface area contributed by atoms with Crippen LogP contribution in [0.5, 0.6) is 0 Å². The molecule has 1 aromatic rings. The Morgan fingerprint density at radius 3 is 2.68 bits per heavy atom. The number of hydrogen-bond acceptors (Lipinski definition) is 3. The molecule has 0 aliphatic carbocycles. The molecule has 1 saturated heterocycles. The van der Waals surface area contributed by atoms with Crippen molar-refractivity contribution >= 4 is 24.2 Å². The second-order valence-electron chi connectivity index (χ2n) is 5.48. The Morgan fingerprint density at radius 1 is 1.36 bits per heavy atom. The highest BCUT2D eigenvalue weighted by molar-refractivity contribution is 5.85. The molecule has 1 aliphatic heterocycles. The number of nitrogens with one attached hydrogen (secondary N) is 1. The first kappa shape index (κ1) is 18.5. The van der Waals surface area contributed by atoms with Gasteiger partial charge in [-0.15, -0.1) is 12.4 Å². The van der Waals surface area contributed by atoms with E-state index in [0.29, 0.717) is 25.9 Å². The summed E-state index contributed by atoms with van der Waals surface area (Å²) in [6, 6.07) is 9.20. The van der Waals surface area contributed by atoms with E-state index in [-0.39, 0.29) is 30.3 Å². The van der Waals surface area contributed by atoms with Crippen molar-refractivity contribution in [3.8, 4) is 0 Å². The number of amides is 2. The first-order valence-corrected chi connectivity index (χ1v) is 7.47. The quantitative estimate of drug-likeness (QED) is 0.851. The minimum Gasteiger partial charge on any atom is -0.350 e. The van der Waals surface area contributed by atoms with E-state index < -0.39 is 6.04 Å². The minimum absolute atomic E-state index is 0. The molecular weight excluding hydrogens is 302 g/mol. The third-order valence-corrected chi connectivity index (χ3v) is 3.83. The van der Waals surface area contributed by atoms with Crippen LogP contribution in [0.15, 0.2) is 30.3 Å². The van der Waals surface area contributed by atoms with Crippen molar-refractivity contribution in [2.45, 2.75) is 38.3 Å². The Morgan fingerprint density at radius 2 is 2.05 bits per heavy atom. The predicted molar refractivity (Wildman–Crippen MR) is 88.8 cm³/mol. The molecule has 1 fully saturated rings. The van der Waals surface area contributed by atoms with Crippen molar-refractivity contribution < 1.29 is 9.59 Å². The number of nitrogens with zero attached hydrogens (tertiary/aromatic N) is 1. The van der Waals surface area contributed by atoms with Gasteiger partial charge >= 0.3 is 0 Å². The SMILES string of the molecule is CCC(=O)N1CCC(NC(=O)[C@@H](N)Cc2ccccc2)C1.Cl. The summed E-state index contributed by atoms with van der Waals surface area (Å²) < 4.78 is 0. The zero-order valence-electron chi connectivity index (χ0n) is 12.8. The van der Waals surface area contributed by atoms with Crippen molar-refractivity contribution in [1.29, 1.82) is 0 Å². The Kier molecular flexibility index (Phi) is 7.35. The van der Waals surface area contributed by atoms with E-state index in [0.717, 1.165) is 12.0 Å². The summed E-state index contributed by atoms with van der Waals surface area (Å²) in [4.78, 5) is 25.5. The van der Waals surface area contributed by atoms with Gasteiger partial charge in [0.2, 0.25) is 11.8 Å². The van der Waals surface area contributed by atoms with Crippen LogP contribution in [-0.2, 0) is 16.0 Å². The molecule has 3 N–H and O–H groups in total. The number of benzene rings is 1. The number of halogens is 1. The van der Waals surface area contributed by atoms with E-state index >= 15 is 0 Å². The van der Waals surface area contributed by atoms with Gasteiger partial charge in [0.05, 0.1) is 6.04 Å². The number of likely N-dealkylation sites (tertiary alicyclic amines) is 1. The summed E-state index contributed by atoms with van der Waals surface area (Å²) in [6.07, 6.45) is 1.83. The van der Waals surface area contributed by atoms with Gasteiger partial charge in [-0.1, -0.05) is 37.3 Å². The molecule has 1 unspecified atom stereocenters. The van der Waals surface area contributed by atoms with Crippen molar-refractivity contribution in [3.05, 3.63) is 35.9 Å². The van der Waals surface area contributed by atoms with Crippen LogP contribution >= 0.6 is 12.4 Å². The standard InChI is InChI=1S/C16H23N3O2.ClH/c1-2-15(20)19-9-8-13(11-19)18-16(21)14(17)10-12-6-4-3-5-7-12;/h3-7,13-14H,2,8-11,17H2,1H3,(H,18,21);1H/t13?,14-;/m0./s1. The van der Waals surface area contributed by atoms with Crippen LogP contribution in [0.4, 0.5) is 0 Å². The molecule has 0 bridgehead atoms. The second kappa shape index (κ2) is 8.76. The lowest BCUT2D eigenvalue weighted by molar-refractivity contribution is -0.130. The van der Waals surface area contributed by atoms with Gasteiger partial charge in [0.15, 0.2) is 0 Å². The highest BCUT2D eigenvalue weighted by Crippen LogP contribution is 2.11. The molecule has 2 amide bonds. The smallest absolute Gasteiger partial charge is 0.237 e. The lowest BCUT2D eigenvalue weighted by Crippen LogP contribution is -2.47. The van der Waals surface area contributed by atoms with Gasteiger partial charge in [0.1, 0.15) is 0 Å². The van der Waals surface area contributed by atoms with Crippen LogP contribution in [0.2, 0.25) is 0 Å². The molecule has 0 spiro atoms. The fourth-order valence-electron chi connectivity index (χ4n) is 2.60. The summed E-state index contributed by atoms with van der Waals surface area (Å²) in [5, 5.41) is 2.95. The zero-order valence-corrected chi connectivity index (χ0v) is 13.6. The van der Waals surface area contributed by atoms with Crippen LogP contribution in [0.1, 0.15) is 25.3 Å². The van der Waals surface area contributed by atoms with Crippen molar-refractivity contribution in [3.63, 3.8) is 0 Å². The summed E-state index contributed by atoms with van der Waals surface area (Å²) >= 11 is 0. The molecule has 5 nitrogen and oxygen atoms in total. The van der Waals surface area contributed by atoms with E-state index in [1.807, 2.05) is 37.3 Å². The van der Waals surface area contributed by atoms with Crippen LogP contribution < -0.4 is 11.1 Å². The summed E-state index contributed by atoms with van der Waals surface area (Å²) in [7, 11) is 0. The molecule has 0 radical (unpaired) electrons. The maximum absolute atomic E-state index is 12.1. The molecule has 0 aromatic heterocycles. The van der Waals surface area contributed by atoms with E-state index in [1.54, 1.807) is 4.90 Å². The van der Waals surface area contributed by atoms with E-state index in [2.05, 4.69) is 5.32 Å². The van der Waals surface area contributed by atoms with Gasteiger partial charge in [-0.2, -0.15) is 0 Å². The number of carbonyl (C=O) groups excluding carboxylic acids is 2. The molecule has 122 valence electrons. The van der Waals surface area contributed by atoms with Gasteiger partial charge < -0.3 is 16.0 Å². The lowest BCUT2D eigenvalue weighted by atomic mass is 10.1.